The van der Waals surface area contributed by atoms with E-state index in [4.69, 9.17) is 14.2 Å². The van der Waals surface area contributed by atoms with E-state index in [1.807, 2.05) is 75.2 Å². The molecule has 8 atom stereocenters. The van der Waals surface area contributed by atoms with Crippen molar-refractivity contribution >= 4 is 41.1 Å². The number of benzene rings is 1. The van der Waals surface area contributed by atoms with E-state index in [1.54, 1.807) is 67.0 Å². The molecule has 1 aliphatic rings. The van der Waals surface area contributed by atoms with Crippen LogP contribution in [0.4, 0.5) is 4.79 Å². The predicted octanol–water partition coefficient (Wildman–Crippen LogP) is 6.25. The maximum Gasteiger partial charge on any atom is 0.410 e. The molecule has 0 radical (unpaired) electrons. The summed E-state index contributed by atoms with van der Waals surface area (Å²) in [6.07, 6.45) is 2.50. The van der Waals surface area contributed by atoms with Crippen LogP contribution >= 0.6 is 11.3 Å². The van der Waals surface area contributed by atoms with Crippen molar-refractivity contribution in [1.29, 1.82) is 0 Å². The van der Waals surface area contributed by atoms with Gasteiger partial charge < -0.3 is 34.6 Å². The van der Waals surface area contributed by atoms with Crippen molar-refractivity contribution in [2.45, 2.75) is 149 Å². The minimum Gasteiger partial charge on any atom is -0.444 e. The number of carbonyl (C=O) groups is 5. The van der Waals surface area contributed by atoms with Crippen LogP contribution in [0, 0.1) is 17.8 Å². The van der Waals surface area contributed by atoms with Crippen molar-refractivity contribution in [1.82, 2.24) is 30.3 Å². The number of amides is 5. The molecular formula is C45H72N6O8S. The average Bonchev–Trinajstić information content (AvgIpc) is 3.92. The SMILES string of the molecule is CC[C@H](C)[C@@H]([C@@H](CC(=O)N1CCC[C@H]1[C@H](OC)[C@@H](C)C(=O)N[C@@H](Cc1ccccc1)c1nccs1)OC)N(C)C(=O)[C@@H](NC(=O)C(C)(C)N(C)C(=O)OC(C)(C)C)C(C)C. The molecule has 0 spiro atoms. The van der Waals surface area contributed by atoms with Gasteiger partial charge in [0.15, 0.2) is 0 Å². The van der Waals surface area contributed by atoms with E-state index >= 15 is 0 Å². The van der Waals surface area contributed by atoms with E-state index in [0.717, 1.165) is 17.0 Å². The molecule has 60 heavy (non-hydrogen) atoms. The number of nitrogens with zero attached hydrogens (tertiary/aromatic N) is 4. The topological polar surface area (TPSA) is 160 Å². The molecule has 0 aliphatic carbocycles. The standard InChI is InChI=1S/C45H72N6O8S/c1-15-29(4)37(49(11)41(54)36(28(2)3)48-42(55)45(9,10)50(12)43(56)59-44(6,7)8)34(57-13)27-35(52)51-24-19-22-33(51)38(58-14)30(5)39(53)47-32(40-46-23-25-60-40)26-31-20-17-16-18-21-31/h16-18,20-21,23,25,28-30,32-34,36-38H,15,19,22,24,26-27H2,1-14H3,(H,47,53)(H,48,55)/t29-,30+,32-,33-,34+,36-,37-,38+/m0/s1. The third-order valence-corrected chi connectivity index (χ3v) is 12.8. The Hall–Kier alpha value is -4.08. The second-order valence-corrected chi connectivity index (χ2v) is 18.9. The van der Waals surface area contributed by atoms with Crippen molar-refractivity contribution in [3.8, 4) is 0 Å². The molecule has 2 aromatic rings. The molecule has 3 rings (SSSR count). The van der Waals surface area contributed by atoms with Crippen molar-refractivity contribution in [2.24, 2.45) is 17.8 Å². The van der Waals surface area contributed by atoms with Gasteiger partial charge in [-0.25, -0.2) is 9.78 Å². The third-order valence-electron chi connectivity index (χ3n) is 11.9. The van der Waals surface area contributed by atoms with Crippen molar-refractivity contribution in [3.63, 3.8) is 0 Å². The zero-order chi connectivity index (χ0) is 45.1. The average molecular weight is 857 g/mol. The lowest BCUT2D eigenvalue weighted by atomic mass is 9.89. The monoisotopic (exact) mass is 857 g/mol. The first-order valence-corrected chi connectivity index (χ1v) is 22.1. The quantitative estimate of drug-likeness (QED) is 0.157. The second kappa shape index (κ2) is 22.1. The predicted molar refractivity (Wildman–Crippen MR) is 234 cm³/mol. The lowest BCUT2D eigenvalue weighted by molar-refractivity contribution is -0.148. The Morgan fingerprint density at radius 1 is 0.967 bits per heavy atom. The molecule has 0 bridgehead atoms. The molecule has 1 fully saturated rings. The Bertz CT molecular complexity index is 1700. The number of nitrogens with one attached hydrogen (secondary N) is 2. The Balaban J connectivity index is 1.79. The number of ether oxygens (including phenoxy) is 3. The highest BCUT2D eigenvalue weighted by atomic mass is 32.1. The molecule has 2 heterocycles. The van der Waals surface area contributed by atoms with Gasteiger partial charge in [0, 0.05) is 46.4 Å². The van der Waals surface area contributed by atoms with Crippen LogP contribution in [0.15, 0.2) is 41.9 Å². The number of rotatable bonds is 20. The fourth-order valence-electron chi connectivity index (χ4n) is 7.83. The Kier molecular flexibility index (Phi) is 18.6. The Morgan fingerprint density at radius 3 is 2.15 bits per heavy atom. The summed E-state index contributed by atoms with van der Waals surface area (Å²) in [6, 6.07) is 7.83. The summed E-state index contributed by atoms with van der Waals surface area (Å²) >= 11 is 1.49. The van der Waals surface area contributed by atoms with Crippen LogP contribution in [0.5, 0.6) is 0 Å². The molecule has 14 nitrogen and oxygen atoms in total. The first-order chi connectivity index (χ1) is 28.1. The molecule has 2 N–H and O–H groups in total. The first kappa shape index (κ1) is 50.3. The molecule has 1 aromatic heterocycles. The van der Waals surface area contributed by atoms with Gasteiger partial charge in [-0.3, -0.25) is 24.1 Å². The van der Waals surface area contributed by atoms with E-state index < -0.39 is 53.3 Å². The van der Waals surface area contributed by atoms with Crippen molar-refractivity contribution in [3.05, 3.63) is 52.5 Å². The molecule has 336 valence electrons. The first-order valence-electron chi connectivity index (χ1n) is 21.2. The van der Waals surface area contributed by atoms with Crippen LogP contribution < -0.4 is 10.6 Å². The highest BCUT2D eigenvalue weighted by Gasteiger charge is 2.44. The molecule has 1 saturated heterocycles. The number of thiazole rings is 1. The largest absolute Gasteiger partial charge is 0.444 e. The van der Waals surface area contributed by atoms with Crippen LogP contribution in [0.3, 0.4) is 0 Å². The molecule has 0 unspecified atom stereocenters. The fraction of sp³-hybridized carbons (Fsp3) is 0.689. The summed E-state index contributed by atoms with van der Waals surface area (Å²) in [5, 5.41) is 8.85. The molecule has 0 saturated carbocycles. The van der Waals surface area contributed by atoms with Gasteiger partial charge in [0.05, 0.1) is 42.7 Å². The Labute approximate surface area is 362 Å². The van der Waals surface area contributed by atoms with Gasteiger partial charge in [0.2, 0.25) is 23.6 Å². The normalized spacial score (nSPS) is 18.1. The van der Waals surface area contributed by atoms with Crippen molar-refractivity contribution in [2.75, 3.05) is 34.9 Å². The molecule has 5 amide bonds. The zero-order valence-electron chi connectivity index (χ0n) is 38.4. The summed E-state index contributed by atoms with van der Waals surface area (Å²) in [5.41, 5.74) is -1.03. The molecular weight excluding hydrogens is 785 g/mol. The Morgan fingerprint density at radius 2 is 1.62 bits per heavy atom. The summed E-state index contributed by atoms with van der Waals surface area (Å²) in [7, 11) is 6.30. The van der Waals surface area contributed by atoms with Crippen LogP contribution in [-0.2, 0) is 39.8 Å². The van der Waals surface area contributed by atoms with Gasteiger partial charge >= 0.3 is 6.09 Å². The minimum absolute atomic E-state index is 0.00768. The van der Waals surface area contributed by atoms with Gasteiger partial charge in [-0.1, -0.05) is 71.4 Å². The number of hydrogen-bond donors (Lipinski definition) is 2. The van der Waals surface area contributed by atoms with Gasteiger partial charge in [0.1, 0.15) is 22.2 Å². The summed E-state index contributed by atoms with van der Waals surface area (Å²) in [4.78, 5) is 78.6. The molecule has 1 aliphatic heterocycles. The maximum absolute atomic E-state index is 14.4. The van der Waals surface area contributed by atoms with Crippen LogP contribution in [-0.4, -0.2) is 126 Å². The smallest absolute Gasteiger partial charge is 0.410 e. The third kappa shape index (κ3) is 13.0. The van der Waals surface area contributed by atoms with Gasteiger partial charge in [-0.05, 0) is 71.3 Å². The van der Waals surface area contributed by atoms with E-state index in [-0.39, 0.29) is 48.1 Å². The second-order valence-electron chi connectivity index (χ2n) is 18.0. The fourth-order valence-corrected chi connectivity index (χ4v) is 8.52. The number of aromatic nitrogens is 1. The number of likely N-dealkylation sites (tertiary alicyclic amines) is 1. The van der Waals surface area contributed by atoms with E-state index in [9.17, 15) is 24.0 Å². The van der Waals surface area contributed by atoms with Gasteiger partial charge in [0.25, 0.3) is 0 Å². The minimum atomic E-state index is -1.35. The summed E-state index contributed by atoms with van der Waals surface area (Å²) < 4.78 is 17.6. The number of carbonyl (C=O) groups excluding carboxylic acids is 5. The lowest BCUT2D eigenvalue weighted by Crippen LogP contribution is -2.62. The number of hydrogen-bond acceptors (Lipinski definition) is 10. The highest BCUT2D eigenvalue weighted by Crippen LogP contribution is 2.31. The van der Waals surface area contributed by atoms with Crippen LogP contribution in [0.1, 0.15) is 112 Å². The van der Waals surface area contributed by atoms with E-state index in [1.165, 1.54) is 23.3 Å². The number of methoxy groups -OCH3 is 2. The highest BCUT2D eigenvalue weighted by molar-refractivity contribution is 7.09. The maximum atomic E-state index is 14.4. The van der Waals surface area contributed by atoms with Gasteiger partial charge in [-0.2, -0.15) is 0 Å². The number of likely N-dealkylation sites (N-methyl/N-ethyl adjacent to an activating group) is 2. The van der Waals surface area contributed by atoms with E-state index in [0.29, 0.717) is 25.8 Å². The molecule has 15 heteroatoms. The van der Waals surface area contributed by atoms with E-state index in [2.05, 4.69) is 15.6 Å². The zero-order valence-corrected chi connectivity index (χ0v) is 39.3. The summed E-state index contributed by atoms with van der Waals surface area (Å²) in [5.74, 6) is -2.16. The van der Waals surface area contributed by atoms with Crippen molar-refractivity contribution < 1.29 is 38.2 Å². The van der Waals surface area contributed by atoms with Crippen LogP contribution in [0.2, 0.25) is 0 Å². The lowest BCUT2D eigenvalue weighted by Gasteiger charge is -2.41. The molecule has 1 aromatic carbocycles. The summed E-state index contributed by atoms with van der Waals surface area (Å²) in [6.45, 7) is 18.5. The van der Waals surface area contributed by atoms with Crippen LogP contribution in [0.25, 0.3) is 0 Å². The van der Waals surface area contributed by atoms with Gasteiger partial charge in [-0.15, -0.1) is 11.3 Å².